The van der Waals surface area contributed by atoms with Gasteiger partial charge in [-0.25, -0.2) is 0 Å². The number of carbonyl (C=O) groups excluding carboxylic acids is 2. The van der Waals surface area contributed by atoms with Gasteiger partial charge < -0.3 is 16.0 Å². The molecule has 1 fully saturated rings. The molecule has 0 aromatic carbocycles. The Labute approximate surface area is 103 Å². The fourth-order valence-corrected chi connectivity index (χ4v) is 2.09. The van der Waals surface area contributed by atoms with E-state index in [-0.39, 0.29) is 17.9 Å². The third-order valence-corrected chi connectivity index (χ3v) is 3.73. The highest BCUT2D eigenvalue weighted by molar-refractivity contribution is 5.91. The van der Waals surface area contributed by atoms with Crippen LogP contribution in [0.4, 0.5) is 0 Å². The van der Waals surface area contributed by atoms with E-state index in [0.717, 1.165) is 0 Å². The lowest BCUT2D eigenvalue weighted by Crippen LogP contribution is -2.60. The molecule has 0 radical (unpaired) electrons. The molecule has 1 rings (SSSR count). The monoisotopic (exact) mass is 241 g/mol. The second-order valence-corrected chi connectivity index (χ2v) is 4.83. The summed E-state index contributed by atoms with van der Waals surface area (Å²) >= 11 is 0. The average Bonchev–Trinajstić information content (AvgIpc) is 2.36. The number of nitrogens with one attached hydrogen (secondary N) is 1. The molecule has 2 atom stereocenters. The van der Waals surface area contributed by atoms with Crippen LogP contribution in [0.3, 0.4) is 0 Å². The van der Waals surface area contributed by atoms with Crippen LogP contribution < -0.4 is 11.1 Å². The third kappa shape index (κ3) is 2.60. The summed E-state index contributed by atoms with van der Waals surface area (Å²) in [5, 5.41) is 2.79. The van der Waals surface area contributed by atoms with E-state index < -0.39 is 5.41 Å². The summed E-state index contributed by atoms with van der Waals surface area (Å²) in [6, 6.07) is -0.339. The highest BCUT2D eigenvalue weighted by Crippen LogP contribution is 2.25. The van der Waals surface area contributed by atoms with Crippen molar-refractivity contribution >= 4 is 11.8 Å². The molecule has 3 N–H and O–H groups in total. The minimum absolute atomic E-state index is 0.00389. The van der Waals surface area contributed by atoms with Gasteiger partial charge in [-0.2, -0.15) is 0 Å². The van der Waals surface area contributed by atoms with E-state index in [0.29, 0.717) is 32.5 Å². The molecule has 2 unspecified atom stereocenters. The number of carbonyl (C=O) groups is 2. The maximum absolute atomic E-state index is 12.5. The number of amides is 2. The summed E-state index contributed by atoms with van der Waals surface area (Å²) in [6.45, 7) is 7.17. The summed E-state index contributed by atoms with van der Waals surface area (Å²) in [5.74, 6) is -0.0493. The molecule has 0 aromatic heterocycles. The predicted molar refractivity (Wildman–Crippen MR) is 66.3 cm³/mol. The fraction of sp³-hybridized carbons (Fsp3) is 0.833. The predicted octanol–water partition coefficient (Wildman–Crippen LogP) is 0.0984. The van der Waals surface area contributed by atoms with Crippen molar-refractivity contribution in [3.05, 3.63) is 0 Å². The molecule has 0 saturated carbocycles. The number of rotatable bonds is 4. The molecule has 1 saturated heterocycles. The smallest absolute Gasteiger partial charge is 0.242 e. The Bertz CT molecular complexity index is 300. The number of nitrogens with two attached hydrogens (primary N) is 1. The highest BCUT2D eigenvalue weighted by Gasteiger charge is 2.39. The van der Waals surface area contributed by atoms with Gasteiger partial charge in [0.05, 0.1) is 5.41 Å². The molecule has 0 aromatic rings. The largest absolute Gasteiger partial charge is 0.353 e. The fourth-order valence-electron chi connectivity index (χ4n) is 2.09. The molecular formula is C12H23N3O2. The van der Waals surface area contributed by atoms with Gasteiger partial charge in [-0.1, -0.05) is 13.8 Å². The van der Waals surface area contributed by atoms with Crippen molar-refractivity contribution in [1.82, 2.24) is 10.2 Å². The van der Waals surface area contributed by atoms with E-state index in [1.54, 1.807) is 4.90 Å². The summed E-state index contributed by atoms with van der Waals surface area (Å²) in [5.41, 5.74) is 5.15. The molecule has 5 heteroatoms. The summed E-state index contributed by atoms with van der Waals surface area (Å²) < 4.78 is 0. The summed E-state index contributed by atoms with van der Waals surface area (Å²) in [7, 11) is 0. The van der Waals surface area contributed by atoms with Crippen molar-refractivity contribution in [2.45, 2.75) is 39.7 Å². The Morgan fingerprint density at radius 1 is 1.59 bits per heavy atom. The highest BCUT2D eigenvalue weighted by atomic mass is 16.2. The Hall–Kier alpha value is -1.10. The van der Waals surface area contributed by atoms with Crippen molar-refractivity contribution in [3.63, 3.8) is 0 Å². The third-order valence-electron chi connectivity index (χ3n) is 3.73. The van der Waals surface area contributed by atoms with Crippen molar-refractivity contribution in [2.75, 3.05) is 19.6 Å². The Balaban J connectivity index is 2.89. The second-order valence-electron chi connectivity index (χ2n) is 4.83. The minimum Gasteiger partial charge on any atom is -0.353 e. The molecule has 2 amide bonds. The van der Waals surface area contributed by atoms with Crippen LogP contribution in [-0.2, 0) is 9.59 Å². The maximum Gasteiger partial charge on any atom is 0.242 e. The van der Waals surface area contributed by atoms with E-state index >= 15 is 0 Å². The van der Waals surface area contributed by atoms with Crippen molar-refractivity contribution in [2.24, 2.45) is 11.1 Å². The van der Waals surface area contributed by atoms with Gasteiger partial charge in [-0.15, -0.1) is 0 Å². The first-order valence-electron chi connectivity index (χ1n) is 6.29. The van der Waals surface area contributed by atoms with Gasteiger partial charge in [0.2, 0.25) is 11.8 Å². The van der Waals surface area contributed by atoms with Crippen LogP contribution in [0.5, 0.6) is 0 Å². The lowest BCUT2D eigenvalue weighted by atomic mass is 9.85. The number of hydrogen-bond donors (Lipinski definition) is 2. The first kappa shape index (κ1) is 14.0. The zero-order valence-corrected chi connectivity index (χ0v) is 11.0. The van der Waals surface area contributed by atoms with Crippen molar-refractivity contribution in [1.29, 1.82) is 0 Å². The van der Waals surface area contributed by atoms with Gasteiger partial charge in [0.25, 0.3) is 0 Å². The average molecular weight is 241 g/mol. The zero-order chi connectivity index (χ0) is 13.1. The van der Waals surface area contributed by atoms with Crippen molar-refractivity contribution < 1.29 is 9.59 Å². The maximum atomic E-state index is 12.5. The van der Waals surface area contributed by atoms with E-state index in [1.165, 1.54) is 0 Å². The molecule has 0 aliphatic carbocycles. The van der Waals surface area contributed by atoms with Crippen LogP contribution in [0.2, 0.25) is 0 Å². The van der Waals surface area contributed by atoms with E-state index in [4.69, 9.17) is 5.73 Å². The van der Waals surface area contributed by atoms with Crippen LogP contribution in [0.15, 0.2) is 0 Å². The zero-order valence-electron chi connectivity index (χ0n) is 11.0. The van der Waals surface area contributed by atoms with Crippen LogP contribution >= 0.6 is 0 Å². The topological polar surface area (TPSA) is 75.4 Å². The molecular weight excluding hydrogens is 218 g/mol. The lowest BCUT2D eigenvalue weighted by molar-refractivity contribution is -0.150. The first-order chi connectivity index (χ1) is 8.00. The van der Waals surface area contributed by atoms with Gasteiger partial charge in [0, 0.05) is 19.6 Å². The number of hydrogen-bond acceptors (Lipinski definition) is 3. The Kier molecular flexibility index (Phi) is 4.51. The van der Waals surface area contributed by atoms with Crippen LogP contribution in [0, 0.1) is 5.41 Å². The van der Waals surface area contributed by atoms with E-state index in [9.17, 15) is 9.59 Å². The molecule has 0 spiro atoms. The Morgan fingerprint density at radius 3 is 2.71 bits per heavy atom. The quantitative estimate of drug-likeness (QED) is 0.733. The summed E-state index contributed by atoms with van der Waals surface area (Å²) in [4.78, 5) is 25.9. The molecule has 0 bridgehead atoms. The first-order valence-corrected chi connectivity index (χ1v) is 6.29. The number of nitrogens with zero attached hydrogens (tertiary/aromatic N) is 1. The minimum atomic E-state index is -0.551. The number of piperazine rings is 1. The van der Waals surface area contributed by atoms with Gasteiger partial charge >= 0.3 is 0 Å². The SMILES string of the molecule is CCC1C(=O)NCCN1C(=O)C(C)(CC)CN. The lowest BCUT2D eigenvalue weighted by Gasteiger charge is -2.39. The van der Waals surface area contributed by atoms with Gasteiger partial charge in [0.15, 0.2) is 0 Å². The van der Waals surface area contributed by atoms with Crippen LogP contribution in [-0.4, -0.2) is 42.4 Å². The van der Waals surface area contributed by atoms with E-state index in [2.05, 4.69) is 5.32 Å². The van der Waals surface area contributed by atoms with Crippen LogP contribution in [0.25, 0.3) is 0 Å². The molecule has 17 heavy (non-hydrogen) atoms. The molecule has 1 heterocycles. The molecule has 1 aliphatic rings. The standard InChI is InChI=1S/C12H23N3O2/c1-4-9-10(16)14-6-7-15(9)11(17)12(3,5-2)8-13/h9H,4-8,13H2,1-3H3,(H,14,16). The van der Waals surface area contributed by atoms with Gasteiger partial charge in [-0.3, -0.25) is 9.59 Å². The van der Waals surface area contributed by atoms with Crippen molar-refractivity contribution in [3.8, 4) is 0 Å². The molecule has 98 valence electrons. The Morgan fingerprint density at radius 2 is 2.24 bits per heavy atom. The van der Waals surface area contributed by atoms with Crippen LogP contribution in [0.1, 0.15) is 33.6 Å². The molecule has 1 aliphatic heterocycles. The summed E-state index contributed by atoms with van der Waals surface area (Å²) in [6.07, 6.45) is 1.33. The molecule has 5 nitrogen and oxygen atoms in total. The normalized spacial score (nSPS) is 24.1. The van der Waals surface area contributed by atoms with Gasteiger partial charge in [-0.05, 0) is 19.8 Å². The second kappa shape index (κ2) is 5.49. The van der Waals surface area contributed by atoms with E-state index in [1.807, 2.05) is 20.8 Å². The van der Waals surface area contributed by atoms with Gasteiger partial charge in [0.1, 0.15) is 6.04 Å².